The van der Waals surface area contributed by atoms with Crippen LogP contribution in [0.4, 0.5) is 0 Å². The van der Waals surface area contributed by atoms with Crippen molar-refractivity contribution in [2.75, 3.05) is 7.11 Å². The summed E-state index contributed by atoms with van der Waals surface area (Å²) in [7, 11) is 1.49. The Balaban J connectivity index is 2.49. The molecule has 1 N–H and O–H groups in total. The van der Waals surface area contributed by atoms with E-state index in [0.717, 1.165) is 0 Å². The molecule has 2 aromatic heterocycles. The van der Waals surface area contributed by atoms with E-state index in [-0.39, 0.29) is 11.4 Å². The molecule has 0 aliphatic heterocycles. The Morgan fingerprint density at radius 1 is 1.50 bits per heavy atom. The number of pyridine rings is 1. The van der Waals surface area contributed by atoms with Gasteiger partial charge < -0.3 is 9.84 Å². The van der Waals surface area contributed by atoms with Crippen molar-refractivity contribution in [3.8, 4) is 23.4 Å². The predicted molar refractivity (Wildman–Crippen MR) is 69.8 cm³/mol. The highest BCUT2D eigenvalue weighted by Gasteiger charge is 2.17. The fourth-order valence-electron chi connectivity index (χ4n) is 1.46. The normalized spacial score (nSPS) is 9.70. The molecule has 0 atom stereocenters. The van der Waals surface area contributed by atoms with E-state index in [0.29, 0.717) is 18.0 Å². The van der Waals surface area contributed by atoms with E-state index >= 15 is 0 Å². The molecule has 2 aromatic rings. The SMILES string of the molecule is CCC#Cc1nn(-c2ccnc(OC)c2)nc1C(=O)O. The highest BCUT2D eigenvalue weighted by atomic mass is 16.5. The standard InChI is InChI=1S/C13H12N4O3/c1-3-4-5-10-12(13(18)19)16-17(15-10)9-6-7-14-11(8-9)20-2/h6-8H,3H2,1-2H3,(H,18,19). The maximum absolute atomic E-state index is 11.1. The molecule has 0 saturated carbocycles. The van der Waals surface area contributed by atoms with Crippen LogP contribution in [-0.2, 0) is 0 Å². The van der Waals surface area contributed by atoms with Crippen molar-refractivity contribution in [2.45, 2.75) is 13.3 Å². The summed E-state index contributed by atoms with van der Waals surface area (Å²) < 4.78 is 5.00. The van der Waals surface area contributed by atoms with Crippen molar-refractivity contribution >= 4 is 5.97 Å². The van der Waals surface area contributed by atoms with Gasteiger partial charge in [0, 0.05) is 18.7 Å². The third kappa shape index (κ3) is 2.75. The smallest absolute Gasteiger partial charge is 0.359 e. The first-order valence-electron chi connectivity index (χ1n) is 5.85. The molecule has 0 unspecified atom stereocenters. The van der Waals surface area contributed by atoms with Crippen LogP contribution in [0.15, 0.2) is 18.3 Å². The first kappa shape index (κ1) is 13.5. The fraction of sp³-hybridized carbons (Fsp3) is 0.231. The van der Waals surface area contributed by atoms with Crippen LogP contribution in [0.25, 0.3) is 5.69 Å². The molecule has 0 saturated heterocycles. The maximum Gasteiger partial charge on any atom is 0.359 e. The number of aromatic carboxylic acids is 1. The van der Waals surface area contributed by atoms with E-state index in [1.54, 1.807) is 12.1 Å². The van der Waals surface area contributed by atoms with E-state index in [1.165, 1.54) is 18.1 Å². The van der Waals surface area contributed by atoms with Crippen LogP contribution in [0.1, 0.15) is 29.5 Å². The number of carboxylic acids is 1. The molecule has 0 aliphatic carbocycles. The van der Waals surface area contributed by atoms with Crippen LogP contribution >= 0.6 is 0 Å². The van der Waals surface area contributed by atoms with Crippen molar-refractivity contribution in [1.29, 1.82) is 0 Å². The third-order valence-corrected chi connectivity index (χ3v) is 2.36. The van der Waals surface area contributed by atoms with Crippen LogP contribution in [0.5, 0.6) is 5.88 Å². The van der Waals surface area contributed by atoms with Gasteiger partial charge in [0.1, 0.15) is 0 Å². The van der Waals surface area contributed by atoms with Gasteiger partial charge in [-0.3, -0.25) is 0 Å². The van der Waals surface area contributed by atoms with E-state index in [9.17, 15) is 4.79 Å². The number of nitrogens with zero attached hydrogens (tertiary/aromatic N) is 4. The number of carboxylic acid groups (broad SMARTS) is 1. The number of hydrogen-bond acceptors (Lipinski definition) is 5. The summed E-state index contributed by atoms with van der Waals surface area (Å²) in [5.74, 6) is 4.69. The maximum atomic E-state index is 11.1. The molecular weight excluding hydrogens is 260 g/mol. The van der Waals surface area contributed by atoms with Gasteiger partial charge in [0.05, 0.1) is 12.8 Å². The van der Waals surface area contributed by atoms with Gasteiger partial charge in [-0.2, -0.15) is 0 Å². The Hall–Kier alpha value is -2.88. The highest BCUT2D eigenvalue weighted by molar-refractivity contribution is 5.87. The lowest BCUT2D eigenvalue weighted by Gasteiger charge is -2.01. The molecule has 7 nitrogen and oxygen atoms in total. The van der Waals surface area contributed by atoms with Crippen LogP contribution in [-0.4, -0.2) is 38.2 Å². The Morgan fingerprint density at radius 2 is 2.30 bits per heavy atom. The Morgan fingerprint density at radius 3 is 2.95 bits per heavy atom. The van der Waals surface area contributed by atoms with Crippen LogP contribution in [0.3, 0.4) is 0 Å². The lowest BCUT2D eigenvalue weighted by molar-refractivity contribution is 0.0689. The summed E-state index contributed by atoms with van der Waals surface area (Å²) in [6.45, 7) is 1.87. The zero-order valence-corrected chi connectivity index (χ0v) is 11.0. The summed E-state index contributed by atoms with van der Waals surface area (Å²) in [6, 6.07) is 3.24. The molecular formula is C13H12N4O3. The van der Waals surface area contributed by atoms with Gasteiger partial charge in [-0.05, 0) is 12.0 Å². The van der Waals surface area contributed by atoms with Crippen LogP contribution in [0, 0.1) is 11.8 Å². The number of rotatable bonds is 3. The number of hydrogen-bond donors (Lipinski definition) is 1. The molecule has 2 rings (SSSR count). The zero-order valence-electron chi connectivity index (χ0n) is 11.0. The molecule has 0 amide bonds. The molecule has 0 spiro atoms. The predicted octanol–water partition coefficient (Wildman–Crippen LogP) is 1.13. The first-order chi connectivity index (χ1) is 9.65. The molecule has 20 heavy (non-hydrogen) atoms. The first-order valence-corrected chi connectivity index (χ1v) is 5.85. The lowest BCUT2D eigenvalue weighted by Crippen LogP contribution is -2.03. The van der Waals surface area contributed by atoms with Crippen LogP contribution in [0.2, 0.25) is 0 Å². The minimum Gasteiger partial charge on any atom is -0.481 e. The van der Waals surface area contributed by atoms with Gasteiger partial charge >= 0.3 is 5.97 Å². The topological polar surface area (TPSA) is 90.1 Å². The van der Waals surface area contributed by atoms with Gasteiger partial charge in [0.15, 0.2) is 5.69 Å². The summed E-state index contributed by atoms with van der Waals surface area (Å²) in [6.07, 6.45) is 2.13. The van der Waals surface area contributed by atoms with Gasteiger partial charge in [-0.15, -0.1) is 15.0 Å². The third-order valence-electron chi connectivity index (χ3n) is 2.36. The van der Waals surface area contributed by atoms with E-state index < -0.39 is 5.97 Å². The molecule has 0 fully saturated rings. The summed E-state index contributed by atoms with van der Waals surface area (Å²) in [4.78, 5) is 16.3. The number of carbonyl (C=O) groups is 1. The summed E-state index contributed by atoms with van der Waals surface area (Å²) in [5, 5.41) is 17.1. The number of methoxy groups -OCH3 is 1. The van der Waals surface area contributed by atoms with Crippen molar-refractivity contribution in [3.05, 3.63) is 29.7 Å². The lowest BCUT2D eigenvalue weighted by atomic mass is 10.3. The Labute approximate surface area is 115 Å². The fourth-order valence-corrected chi connectivity index (χ4v) is 1.46. The van der Waals surface area contributed by atoms with Crippen molar-refractivity contribution in [3.63, 3.8) is 0 Å². The Bertz CT molecular complexity index is 697. The molecule has 0 bridgehead atoms. The van der Waals surface area contributed by atoms with Crippen LogP contribution < -0.4 is 4.74 Å². The van der Waals surface area contributed by atoms with Gasteiger partial charge in [-0.25, -0.2) is 9.78 Å². The number of aromatic nitrogens is 4. The van der Waals surface area contributed by atoms with Crippen molar-refractivity contribution in [2.24, 2.45) is 0 Å². The molecule has 2 heterocycles. The van der Waals surface area contributed by atoms with Gasteiger partial charge in [-0.1, -0.05) is 12.8 Å². The van der Waals surface area contributed by atoms with Gasteiger partial charge in [0.2, 0.25) is 11.6 Å². The van der Waals surface area contributed by atoms with E-state index in [1.807, 2.05) is 6.92 Å². The second kappa shape index (κ2) is 5.84. The second-order valence-corrected chi connectivity index (χ2v) is 3.70. The molecule has 0 radical (unpaired) electrons. The largest absolute Gasteiger partial charge is 0.481 e. The minimum atomic E-state index is -1.17. The monoisotopic (exact) mass is 272 g/mol. The average Bonchev–Trinajstić information content (AvgIpc) is 2.89. The molecule has 102 valence electrons. The highest BCUT2D eigenvalue weighted by Crippen LogP contribution is 2.13. The minimum absolute atomic E-state index is 0.134. The van der Waals surface area contributed by atoms with Gasteiger partial charge in [0.25, 0.3) is 0 Å². The van der Waals surface area contributed by atoms with E-state index in [4.69, 9.17) is 9.84 Å². The molecule has 0 aliphatic rings. The summed E-state index contributed by atoms with van der Waals surface area (Å²) in [5.41, 5.74) is 0.501. The average molecular weight is 272 g/mol. The van der Waals surface area contributed by atoms with E-state index in [2.05, 4.69) is 27.0 Å². The van der Waals surface area contributed by atoms with Crippen molar-refractivity contribution < 1.29 is 14.6 Å². The van der Waals surface area contributed by atoms with Crippen molar-refractivity contribution in [1.82, 2.24) is 20.0 Å². The zero-order chi connectivity index (χ0) is 14.5. The quantitative estimate of drug-likeness (QED) is 0.842. The number of ether oxygens (including phenoxy) is 1. The molecule has 0 aromatic carbocycles. The molecule has 7 heteroatoms. The Kier molecular flexibility index (Phi) is 3.96. The summed E-state index contributed by atoms with van der Waals surface area (Å²) >= 11 is 0. The second-order valence-electron chi connectivity index (χ2n) is 3.70.